The van der Waals surface area contributed by atoms with Crippen molar-refractivity contribution < 1.29 is 4.39 Å². The third-order valence-corrected chi connectivity index (χ3v) is 4.66. The summed E-state index contributed by atoms with van der Waals surface area (Å²) in [4.78, 5) is 17.4. The molecule has 0 bridgehead atoms. The van der Waals surface area contributed by atoms with Gasteiger partial charge in [-0.3, -0.25) is 4.79 Å². The quantitative estimate of drug-likeness (QED) is 0.553. The van der Waals surface area contributed by atoms with Crippen molar-refractivity contribution in [3.8, 4) is 11.4 Å². The van der Waals surface area contributed by atoms with Crippen molar-refractivity contribution >= 4 is 34.0 Å². The van der Waals surface area contributed by atoms with Crippen LogP contribution in [-0.4, -0.2) is 14.6 Å². The standard InChI is InChI=1S/C17H9ClFN3OS/c18-12-5-3-11(4-6-12)15-20-17-22(21-15)16(23)14(24-17)9-10-1-7-13(19)8-2-10/h1-9H/b14-9-. The first-order valence-corrected chi connectivity index (χ1v) is 8.22. The van der Waals surface area contributed by atoms with Crippen molar-refractivity contribution in [2.75, 3.05) is 0 Å². The highest BCUT2D eigenvalue weighted by molar-refractivity contribution is 7.15. The Morgan fingerprint density at radius 2 is 1.79 bits per heavy atom. The molecular formula is C17H9ClFN3OS. The van der Waals surface area contributed by atoms with Crippen LogP contribution < -0.4 is 10.1 Å². The third-order valence-electron chi connectivity index (χ3n) is 3.45. The van der Waals surface area contributed by atoms with Crippen molar-refractivity contribution in [2.24, 2.45) is 0 Å². The summed E-state index contributed by atoms with van der Waals surface area (Å²) in [5.74, 6) is 0.160. The topological polar surface area (TPSA) is 47.3 Å². The van der Waals surface area contributed by atoms with E-state index in [-0.39, 0.29) is 11.4 Å². The Morgan fingerprint density at radius 3 is 2.46 bits per heavy atom. The Hall–Kier alpha value is -2.57. The van der Waals surface area contributed by atoms with E-state index in [0.717, 1.165) is 11.1 Å². The van der Waals surface area contributed by atoms with Crippen molar-refractivity contribution in [3.05, 3.63) is 79.8 Å². The lowest BCUT2D eigenvalue weighted by molar-refractivity contribution is 0.628. The van der Waals surface area contributed by atoms with Gasteiger partial charge in [-0.1, -0.05) is 35.1 Å². The molecule has 0 saturated heterocycles. The third kappa shape index (κ3) is 2.70. The molecule has 4 nitrogen and oxygen atoms in total. The van der Waals surface area contributed by atoms with Crippen molar-refractivity contribution in [1.82, 2.24) is 14.6 Å². The molecule has 2 aromatic carbocycles. The molecule has 0 amide bonds. The van der Waals surface area contributed by atoms with E-state index in [1.54, 1.807) is 42.5 Å². The summed E-state index contributed by atoms with van der Waals surface area (Å²) in [5.41, 5.74) is 1.29. The lowest BCUT2D eigenvalue weighted by atomic mass is 10.2. The van der Waals surface area contributed by atoms with Crippen molar-refractivity contribution in [3.63, 3.8) is 0 Å². The fraction of sp³-hybridized carbons (Fsp3) is 0. The molecule has 0 fully saturated rings. The lowest BCUT2D eigenvalue weighted by Gasteiger charge is -1.94. The number of halogens is 2. The van der Waals surface area contributed by atoms with E-state index >= 15 is 0 Å². The molecule has 0 atom stereocenters. The number of aromatic nitrogens is 3. The summed E-state index contributed by atoms with van der Waals surface area (Å²) in [6.45, 7) is 0. The lowest BCUT2D eigenvalue weighted by Crippen LogP contribution is -2.23. The predicted molar refractivity (Wildman–Crippen MR) is 92.8 cm³/mol. The van der Waals surface area contributed by atoms with E-state index in [1.807, 2.05) is 0 Å². The Balaban J connectivity index is 1.79. The Morgan fingerprint density at radius 1 is 1.08 bits per heavy atom. The normalized spacial score (nSPS) is 12.2. The van der Waals surface area contributed by atoms with Gasteiger partial charge in [0.25, 0.3) is 5.56 Å². The summed E-state index contributed by atoms with van der Waals surface area (Å²) in [7, 11) is 0. The second-order valence-corrected chi connectivity index (χ2v) is 6.55. The highest BCUT2D eigenvalue weighted by Crippen LogP contribution is 2.19. The van der Waals surface area contributed by atoms with E-state index in [4.69, 9.17) is 11.6 Å². The van der Waals surface area contributed by atoms with Crippen LogP contribution in [0, 0.1) is 5.82 Å². The molecule has 4 rings (SSSR count). The first-order valence-electron chi connectivity index (χ1n) is 7.03. The first kappa shape index (κ1) is 15.0. The van der Waals surface area contributed by atoms with E-state index in [2.05, 4.69) is 10.1 Å². The van der Waals surface area contributed by atoms with Gasteiger partial charge in [0, 0.05) is 10.6 Å². The molecule has 24 heavy (non-hydrogen) atoms. The largest absolute Gasteiger partial charge is 0.291 e. The highest BCUT2D eigenvalue weighted by Gasteiger charge is 2.11. The summed E-state index contributed by atoms with van der Waals surface area (Å²) < 4.78 is 14.7. The maximum atomic E-state index is 12.9. The molecule has 118 valence electrons. The van der Waals surface area contributed by atoms with Crippen LogP contribution in [0.3, 0.4) is 0 Å². The second kappa shape index (κ2) is 5.81. The zero-order valence-corrected chi connectivity index (χ0v) is 13.7. The van der Waals surface area contributed by atoms with Crippen molar-refractivity contribution in [2.45, 2.75) is 0 Å². The molecule has 7 heteroatoms. The molecule has 0 spiro atoms. The fourth-order valence-corrected chi connectivity index (χ4v) is 3.30. The van der Waals surface area contributed by atoms with E-state index < -0.39 is 0 Å². The molecule has 0 N–H and O–H groups in total. The SMILES string of the molecule is O=c1/c(=C/c2ccc(F)cc2)sc2nc(-c3ccc(Cl)cc3)nn12. The minimum absolute atomic E-state index is 0.243. The summed E-state index contributed by atoms with van der Waals surface area (Å²) in [6.07, 6.45) is 1.70. The minimum Gasteiger partial charge on any atom is -0.266 e. The van der Waals surface area contributed by atoms with Crippen LogP contribution in [0.5, 0.6) is 0 Å². The van der Waals surface area contributed by atoms with Crippen LogP contribution in [0.2, 0.25) is 5.02 Å². The van der Waals surface area contributed by atoms with Crippen LogP contribution in [-0.2, 0) is 0 Å². The molecule has 0 aliphatic rings. The maximum Gasteiger partial charge on any atom is 0.291 e. The smallest absolute Gasteiger partial charge is 0.266 e. The number of fused-ring (bicyclic) bond motifs is 1. The number of rotatable bonds is 2. The average molecular weight is 358 g/mol. The summed E-state index contributed by atoms with van der Waals surface area (Å²) in [5, 5.41) is 4.89. The minimum atomic E-state index is -0.315. The Kier molecular flexibility index (Phi) is 3.63. The molecule has 0 saturated carbocycles. The first-order chi connectivity index (χ1) is 11.6. The van der Waals surface area contributed by atoms with Gasteiger partial charge in [-0.05, 0) is 48.0 Å². The molecule has 0 aliphatic carbocycles. The van der Waals surface area contributed by atoms with E-state index in [1.165, 1.54) is 28.0 Å². The van der Waals surface area contributed by atoms with Gasteiger partial charge < -0.3 is 0 Å². The van der Waals surface area contributed by atoms with Gasteiger partial charge in [-0.25, -0.2) is 4.39 Å². The van der Waals surface area contributed by atoms with Crippen LogP contribution in [0.15, 0.2) is 53.3 Å². The fourth-order valence-electron chi connectivity index (χ4n) is 2.27. The highest BCUT2D eigenvalue weighted by atomic mass is 35.5. The van der Waals surface area contributed by atoms with Gasteiger partial charge in [-0.15, -0.1) is 5.10 Å². The van der Waals surface area contributed by atoms with Gasteiger partial charge in [0.2, 0.25) is 4.96 Å². The number of nitrogens with zero attached hydrogens (tertiary/aromatic N) is 3. The summed E-state index contributed by atoms with van der Waals surface area (Å²) >= 11 is 7.11. The molecule has 2 aromatic heterocycles. The van der Waals surface area contributed by atoms with Gasteiger partial charge >= 0.3 is 0 Å². The second-order valence-electron chi connectivity index (χ2n) is 5.10. The molecule has 0 unspecified atom stereocenters. The number of hydrogen-bond acceptors (Lipinski definition) is 4. The molecule has 0 aliphatic heterocycles. The predicted octanol–water partition coefficient (Wildman–Crippen LogP) is 3.16. The number of thiazole rings is 1. The number of hydrogen-bond donors (Lipinski definition) is 0. The van der Waals surface area contributed by atoms with Gasteiger partial charge in [-0.2, -0.15) is 9.50 Å². The monoisotopic (exact) mass is 357 g/mol. The van der Waals surface area contributed by atoms with Crippen molar-refractivity contribution in [1.29, 1.82) is 0 Å². The van der Waals surface area contributed by atoms with E-state index in [0.29, 0.717) is 20.3 Å². The maximum absolute atomic E-state index is 12.9. The molecular weight excluding hydrogens is 349 g/mol. The zero-order chi connectivity index (χ0) is 16.7. The Labute approximate surface area is 144 Å². The van der Waals surface area contributed by atoms with Gasteiger partial charge in [0.15, 0.2) is 5.82 Å². The average Bonchev–Trinajstić information content (AvgIpc) is 3.11. The number of benzene rings is 2. The van der Waals surface area contributed by atoms with Crippen LogP contribution in [0.25, 0.3) is 22.4 Å². The van der Waals surface area contributed by atoms with Gasteiger partial charge in [0.1, 0.15) is 5.82 Å². The zero-order valence-electron chi connectivity index (χ0n) is 12.1. The summed E-state index contributed by atoms with van der Waals surface area (Å²) in [6, 6.07) is 13.0. The van der Waals surface area contributed by atoms with Crippen LogP contribution in [0.1, 0.15) is 5.56 Å². The Bertz CT molecular complexity index is 1130. The van der Waals surface area contributed by atoms with Crippen LogP contribution in [0.4, 0.5) is 4.39 Å². The van der Waals surface area contributed by atoms with E-state index in [9.17, 15) is 9.18 Å². The van der Waals surface area contributed by atoms with Gasteiger partial charge in [0.05, 0.1) is 4.53 Å². The molecule has 0 radical (unpaired) electrons. The van der Waals surface area contributed by atoms with Crippen LogP contribution >= 0.6 is 22.9 Å². The molecule has 2 heterocycles. The molecule has 4 aromatic rings.